The fraction of sp³-hybridized carbons (Fsp3) is 0.174. The molecule has 6 heteroatoms. The minimum absolute atomic E-state index is 0.150. The monoisotopic (exact) mass is 408 g/mol. The van der Waals surface area contributed by atoms with Crippen LogP contribution in [0.1, 0.15) is 16.7 Å². The Morgan fingerprint density at radius 2 is 1.48 bits per heavy atom. The largest absolute Gasteiger partial charge is 0.350 e. The first-order valence-corrected chi connectivity index (χ1v) is 10.8. The number of hydrogen-bond donors (Lipinski definition) is 1. The van der Waals surface area contributed by atoms with E-state index in [0.717, 1.165) is 16.7 Å². The van der Waals surface area contributed by atoms with Crippen LogP contribution in [0.25, 0.3) is 0 Å². The zero-order valence-corrected chi connectivity index (χ0v) is 17.3. The Labute approximate surface area is 172 Å². The van der Waals surface area contributed by atoms with Crippen molar-refractivity contribution in [3.63, 3.8) is 0 Å². The van der Waals surface area contributed by atoms with Crippen molar-refractivity contribution in [2.75, 3.05) is 10.8 Å². The van der Waals surface area contributed by atoms with Crippen LogP contribution in [0.15, 0.2) is 83.8 Å². The number of anilines is 1. The standard InChI is InChI=1S/C23H24N2O3S/c1-18-10-9-15-22(19(18)2)25(29(27,28)21-13-7-4-8-14-21)17-23(26)24-16-20-11-5-3-6-12-20/h3-15H,16-17H2,1-2H3,(H,24,26). The van der Waals surface area contributed by atoms with Crippen LogP contribution < -0.4 is 9.62 Å². The third-order valence-electron chi connectivity index (χ3n) is 4.80. The summed E-state index contributed by atoms with van der Waals surface area (Å²) in [4.78, 5) is 12.8. The van der Waals surface area contributed by atoms with Crippen molar-refractivity contribution in [3.8, 4) is 0 Å². The number of sulfonamides is 1. The molecule has 29 heavy (non-hydrogen) atoms. The third kappa shape index (κ3) is 4.84. The highest BCUT2D eigenvalue weighted by Gasteiger charge is 2.28. The van der Waals surface area contributed by atoms with Gasteiger partial charge in [0.05, 0.1) is 10.6 Å². The molecule has 0 aliphatic rings. The highest BCUT2D eigenvalue weighted by molar-refractivity contribution is 7.92. The quantitative estimate of drug-likeness (QED) is 0.646. The Balaban J connectivity index is 1.91. The molecule has 0 fully saturated rings. The van der Waals surface area contributed by atoms with E-state index in [1.165, 1.54) is 16.4 Å². The van der Waals surface area contributed by atoms with Gasteiger partial charge >= 0.3 is 0 Å². The summed E-state index contributed by atoms with van der Waals surface area (Å²) in [5.74, 6) is -0.366. The molecule has 3 aromatic rings. The van der Waals surface area contributed by atoms with E-state index in [-0.39, 0.29) is 17.3 Å². The van der Waals surface area contributed by atoms with E-state index >= 15 is 0 Å². The summed E-state index contributed by atoms with van der Waals surface area (Å²) < 4.78 is 27.9. The van der Waals surface area contributed by atoms with Gasteiger partial charge in [-0.05, 0) is 48.7 Å². The Bertz CT molecular complexity index is 1080. The van der Waals surface area contributed by atoms with Gasteiger partial charge in [0, 0.05) is 6.54 Å². The average molecular weight is 409 g/mol. The van der Waals surface area contributed by atoms with E-state index < -0.39 is 10.0 Å². The number of amides is 1. The van der Waals surface area contributed by atoms with E-state index in [1.807, 2.05) is 50.2 Å². The summed E-state index contributed by atoms with van der Waals surface area (Å²) in [6.45, 7) is 3.82. The molecule has 0 spiro atoms. The number of carbonyl (C=O) groups excluding carboxylic acids is 1. The summed E-state index contributed by atoms with van der Waals surface area (Å²) in [6, 6.07) is 23.1. The maximum Gasteiger partial charge on any atom is 0.264 e. The molecular formula is C23H24N2O3S. The lowest BCUT2D eigenvalue weighted by atomic mass is 10.1. The second kappa shape index (κ2) is 8.92. The first-order chi connectivity index (χ1) is 13.9. The van der Waals surface area contributed by atoms with Gasteiger partial charge in [0.15, 0.2) is 0 Å². The van der Waals surface area contributed by atoms with Gasteiger partial charge in [-0.25, -0.2) is 8.42 Å². The number of rotatable bonds is 7. The minimum Gasteiger partial charge on any atom is -0.350 e. The minimum atomic E-state index is -3.90. The van der Waals surface area contributed by atoms with Crippen LogP contribution >= 0.6 is 0 Å². The fourth-order valence-electron chi connectivity index (χ4n) is 3.01. The number of aryl methyl sites for hydroxylation is 1. The summed E-state index contributed by atoms with van der Waals surface area (Å²) in [5.41, 5.74) is 3.23. The normalized spacial score (nSPS) is 11.1. The van der Waals surface area contributed by atoms with Crippen molar-refractivity contribution < 1.29 is 13.2 Å². The lowest BCUT2D eigenvalue weighted by Crippen LogP contribution is -2.41. The van der Waals surface area contributed by atoms with Gasteiger partial charge in [0.1, 0.15) is 6.54 Å². The van der Waals surface area contributed by atoms with Gasteiger partial charge in [0.2, 0.25) is 5.91 Å². The van der Waals surface area contributed by atoms with Gasteiger partial charge < -0.3 is 5.32 Å². The van der Waals surface area contributed by atoms with Crippen molar-refractivity contribution in [2.24, 2.45) is 0 Å². The molecule has 1 amide bonds. The van der Waals surface area contributed by atoms with Crippen LogP contribution in [0.3, 0.4) is 0 Å². The highest BCUT2D eigenvalue weighted by Crippen LogP contribution is 2.28. The molecule has 0 saturated carbocycles. The molecule has 0 aromatic heterocycles. The first-order valence-electron chi connectivity index (χ1n) is 9.34. The van der Waals surface area contributed by atoms with Gasteiger partial charge in [-0.15, -0.1) is 0 Å². The van der Waals surface area contributed by atoms with E-state index in [9.17, 15) is 13.2 Å². The van der Waals surface area contributed by atoms with E-state index in [1.54, 1.807) is 30.3 Å². The number of carbonyl (C=O) groups is 1. The van der Waals surface area contributed by atoms with Crippen molar-refractivity contribution in [3.05, 3.63) is 95.6 Å². The Morgan fingerprint density at radius 3 is 2.14 bits per heavy atom. The van der Waals surface area contributed by atoms with Crippen molar-refractivity contribution in [1.29, 1.82) is 0 Å². The molecule has 0 radical (unpaired) electrons. The number of benzene rings is 3. The molecule has 3 aromatic carbocycles. The predicted molar refractivity (Wildman–Crippen MR) is 115 cm³/mol. The molecule has 3 rings (SSSR count). The average Bonchev–Trinajstić information content (AvgIpc) is 2.74. The molecule has 0 aliphatic carbocycles. The summed E-state index contributed by atoms with van der Waals surface area (Å²) >= 11 is 0. The topological polar surface area (TPSA) is 66.5 Å². The molecule has 0 aliphatic heterocycles. The first kappa shape index (κ1) is 20.6. The SMILES string of the molecule is Cc1cccc(N(CC(=O)NCc2ccccc2)S(=O)(=O)c2ccccc2)c1C. The molecule has 5 nitrogen and oxygen atoms in total. The summed E-state index contributed by atoms with van der Waals surface area (Å²) in [7, 11) is -3.90. The predicted octanol–water partition coefficient (Wildman–Crippen LogP) is 3.82. The summed E-state index contributed by atoms with van der Waals surface area (Å²) in [5, 5.41) is 2.81. The highest BCUT2D eigenvalue weighted by atomic mass is 32.2. The lowest BCUT2D eigenvalue weighted by molar-refractivity contribution is -0.119. The van der Waals surface area contributed by atoms with Crippen LogP contribution in [0.4, 0.5) is 5.69 Å². The van der Waals surface area contributed by atoms with E-state index in [0.29, 0.717) is 12.2 Å². The van der Waals surface area contributed by atoms with Crippen LogP contribution in [0, 0.1) is 13.8 Å². The maximum atomic E-state index is 13.4. The Hall–Kier alpha value is -3.12. The molecule has 0 unspecified atom stereocenters. The van der Waals surface area contributed by atoms with Gasteiger partial charge in [-0.3, -0.25) is 9.10 Å². The zero-order chi connectivity index (χ0) is 20.9. The van der Waals surface area contributed by atoms with Crippen LogP contribution in [0.5, 0.6) is 0 Å². The van der Waals surface area contributed by atoms with Gasteiger partial charge in [0.25, 0.3) is 10.0 Å². The molecule has 1 N–H and O–H groups in total. The molecule has 150 valence electrons. The smallest absolute Gasteiger partial charge is 0.264 e. The Morgan fingerprint density at radius 1 is 0.862 bits per heavy atom. The maximum absolute atomic E-state index is 13.4. The molecule has 0 atom stereocenters. The lowest BCUT2D eigenvalue weighted by Gasteiger charge is -2.26. The van der Waals surface area contributed by atoms with Crippen LogP contribution in [-0.4, -0.2) is 20.9 Å². The molecule has 0 heterocycles. The molecule has 0 bridgehead atoms. The van der Waals surface area contributed by atoms with Crippen LogP contribution in [0.2, 0.25) is 0 Å². The molecular weight excluding hydrogens is 384 g/mol. The Kier molecular flexibility index (Phi) is 6.34. The molecule has 0 saturated heterocycles. The second-order valence-corrected chi connectivity index (χ2v) is 8.67. The van der Waals surface area contributed by atoms with Crippen molar-refractivity contribution >= 4 is 21.6 Å². The number of hydrogen-bond acceptors (Lipinski definition) is 3. The summed E-state index contributed by atoms with van der Waals surface area (Å²) in [6.07, 6.45) is 0. The van der Waals surface area contributed by atoms with Gasteiger partial charge in [-0.1, -0.05) is 60.7 Å². The van der Waals surface area contributed by atoms with E-state index in [2.05, 4.69) is 5.32 Å². The van der Waals surface area contributed by atoms with Crippen molar-refractivity contribution in [1.82, 2.24) is 5.32 Å². The number of nitrogens with zero attached hydrogens (tertiary/aromatic N) is 1. The third-order valence-corrected chi connectivity index (χ3v) is 6.57. The van der Waals surface area contributed by atoms with E-state index in [4.69, 9.17) is 0 Å². The van der Waals surface area contributed by atoms with Crippen molar-refractivity contribution in [2.45, 2.75) is 25.3 Å². The second-order valence-electron chi connectivity index (χ2n) is 6.81. The fourth-order valence-corrected chi connectivity index (χ4v) is 4.51. The zero-order valence-electron chi connectivity index (χ0n) is 16.5. The van der Waals surface area contributed by atoms with Crippen LogP contribution in [-0.2, 0) is 21.4 Å². The van der Waals surface area contributed by atoms with Gasteiger partial charge in [-0.2, -0.15) is 0 Å². The number of nitrogens with one attached hydrogen (secondary N) is 1.